The SMILES string of the molecule is CCC(CC)Nc1c([N+](=O)[O-])cc(C/C=N/O)c(C(C)C)c1[N+](=O)[O-]. The molecule has 0 bridgehead atoms. The standard InChI is InChI=1S/C16H24N4O5/c1-5-12(6-2)18-15-13(19(22)23)9-11(7-8-17-21)14(10(3)4)16(15)20(24)25/h8-10,12,18,21H,5-7H2,1-4H3/b17-8+. The van der Waals surface area contributed by atoms with Crippen molar-refractivity contribution in [1.29, 1.82) is 0 Å². The topological polar surface area (TPSA) is 131 Å². The lowest BCUT2D eigenvalue weighted by atomic mass is 9.91. The summed E-state index contributed by atoms with van der Waals surface area (Å²) in [5, 5.41) is 37.8. The number of benzene rings is 1. The fourth-order valence-corrected chi connectivity index (χ4v) is 2.85. The first kappa shape index (κ1) is 20.3. The van der Waals surface area contributed by atoms with E-state index in [2.05, 4.69) is 10.5 Å². The van der Waals surface area contributed by atoms with Crippen LogP contribution in [0.3, 0.4) is 0 Å². The van der Waals surface area contributed by atoms with Crippen molar-refractivity contribution in [1.82, 2.24) is 0 Å². The molecular formula is C16H24N4O5. The minimum Gasteiger partial charge on any atom is -0.411 e. The minimum atomic E-state index is -0.624. The summed E-state index contributed by atoms with van der Waals surface area (Å²) in [6.07, 6.45) is 2.58. The average Bonchev–Trinajstić information content (AvgIpc) is 2.56. The molecule has 9 heteroatoms. The summed E-state index contributed by atoms with van der Waals surface area (Å²) in [5.41, 5.74) is 0.129. The van der Waals surface area contributed by atoms with Gasteiger partial charge in [-0.15, -0.1) is 5.16 Å². The molecule has 0 saturated carbocycles. The van der Waals surface area contributed by atoms with E-state index < -0.39 is 9.85 Å². The van der Waals surface area contributed by atoms with E-state index in [9.17, 15) is 20.2 Å². The number of rotatable bonds is 9. The number of nitro groups is 2. The van der Waals surface area contributed by atoms with Gasteiger partial charge in [0.1, 0.15) is 0 Å². The third kappa shape index (κ3) is 4.65. The van der Waals surface area contributed by atoms with Gasteiger partial charge >= 0.3 is 5.69 Å². The first-order valence-electron chi connectivity index (χ1n) is 8.19. The second-order valence-corrected chi connectivity index (χ2v) is 6.02. The van der Waals surface area contributed by atoms with Crippen LogP contribution < -0.4 is 5.32 Å². The lowest BCUT2D eigenvalue weighted by Gasteiger charge is -2.20. The highest BCUT2D eigenvalue weighted by Crippen LogP contribution is 2.43. The van der Waals surface area contributed by atoms with Gasteiger partial charge in [0.2, 0.25) is 0 Å². The molecule has 0 fully saturated rings. The second-order valence-electron chi connectivity index (χ2n) is 6.02. The zero-order chi connectivity index (χ0) is 19.1. The van der Waals surface area contributed by atoms with E-state index in [-0.39, 0.29) is 35.4 Å². The molecule has 0 aromatic heterocycles. The zero-order valence-corrected chi connectivity index (χ0v) is 14.9. The molecule has 0 spiro atoms. The zero-order valence-electron chi connectivity index (χ0n) is 14.9. The van der Waals surface area contributed by atoms with E-state index >= 15 is 0 Å². The molecule has 0 aliphatic heterocycles. The summed E-state index contributed by atoms with van der Waals surface area (Å²) in [6, 6.07) is 1.22. The van der Waals surface area contributed by atoms with Gasteiger partial charge in [0.25, 0.3) is 5.69 Å². The Bertz CT molecular complexity index is 669. The van der Waals surface area contributed by atoms with Gasteiger partial charge in [0, 0.05) is 30.3 Å². The summed E-state index contributed by atoms with van der Waals surface area (Å²) >= 11 is 0. The van der Waals surface area contributed by atoms with Crippen LogP contribution in [-0.2, 0) is 6.42 Å². The van der Waals surface area contributed by atoms with Crippen molar-refractivity contribution < 1.29 is 15.1 Å². The summed E-state index contributed by atoms with van der Waals surface area (Å²) in [4.78, 5) is 22.1. The molecule has 0 unspecified atom stereocenters. The number of hydrogen-bond acceptors (Lipinski definition) is 7. The Balaban J connectivity index is 3.79. The van der Waals surface area contributed by atoms with Crippen molar-refractivity contribution in [2.45, 2.75) is 58.9 Å². The Hall–Kier alpha value is -2.71. The summed E-state index contributed by atoms with van der Waals surface area (Å²) < 4.78 is 0. The molecule has 0 amide bonds. The fraction of sp³-hybridized carbons (Fsp3) is 0.562. The van der Waals surface area contributed by atoms with Gasteiger partial charge in [0.05, 0.1) is 9.85 Å². The van der Waals surface area contributed by atoms with Gasteiger partial charge in [0.15, 0.2) is 5.69 Å². The Morgan fingerprint density at radius 3 is 2.24 bits per heavy atom. The van der Waals surface area contributed by atoms with Crippen LogP contribution in [0.4, 0.5) is 17.1 Å². The van der Waals surface area contributed by atoms with Crippen molar-refractivity contribution >= 4 is 23.3 Å². The van der Waals surface area contributed by atoms with Gasteiger partial charge in [-0.1, -0.05) is 27.7 Å². The van der Waals surface area contributed by atoms with Crippen LogP contribution in [-0.4, -0.2) is 27.3 Å². The molecule has 1 aromatic rings. The van der Waals surface area contributed by atoms with E-state index in [1.807, 2.05) is 13.8 Å². The number of anilines is 1. The molecule has 2 N–H and O–H groups in total. The lowest BCUT2D eigenvalue weighted by molar-refractivity contribution is -0.393. The normalized spacial score (nSPS) is 11.4. The maximum Gasteiger partial charge on any atom is 0.303 e. The Morgan fingerprint density at radius 2 is 1.84 bits per heavy atom. The predicted molar refractivity (Wildman–Crippen MR) is 95.8 cm³/mol. The monoisotopic (exact) mass is 352 g/mol. The van der Waals surface area contributed by atoms with Crippen molar-refractivity contribution in [3.63, 3.8) is 0 Å². The van der Waals surface area contributed by atoms with E-state index in [4.69, 9.17) is 5.21 Å². The Labute approximate surface area is 146 Å². The van der Waals surface area contributed by atoms with Crippen molar-refractivity contribution in [3.8, 4) is 0 Å². The number of nitrogens with one attached hydrogen (secondary N) is 1. The molecule has 1 aromatic carbocycles. The van der Waals surface area contributed by atoms with Crippen molar-refractivity contribution in [2.24, 2.45) is 5.16 Å². The number of nitrogens with zero attached hydrogens (tertiary/aromatic N) is 3. The highest BCUT2D eigenvalue weighted by molar-refractivity contribution is 5.80. The van der Waals surface area contributed by atoms with Gasteiger partial charge < -0.3 is 10.5 Å². The van der Waals surface area contributed by atoms with E-state index in [0.29, 0.717) is 24.0 Å². The van der Waals surface area contributed by atoms with Gasteiger partial charge in [-0.3, -0.25) is 20.2 Å². The quantitative estimate of drug-likeness (QED) is 0.296. The van der Waals surface area contributed by atoms with Crippen LogP contribution in [0, 0.1) is 20.2 Å². The Morgan fingerprint density at radius 1 is 1.24 bits per heavy atom. The van der Waals surface area contributed by atoms with Gasteiger partial charge in [-0.2, -0.15) is 0 Å². The second kappa shape index (κ2) is 8.95. The Kier molecular flexibility index (Phi) is 7.28. The number of oxime groups is 1. The summed E-state index contributed by atoms with van der Waals surface area (Å²) in [5.74, 6) is -0.231. The van der Waals surface area contributed by atoms with E-state index in [1.54, 1.807) is 13.8 Å². The smallest absolute Gasteiger partial charge is 0.303 e. The molecule has 138 valence electrons. The minimum absolute atomic E-state index is 0.0583. The largest absolute Gasteiger partial charge is 0.411 e. The lowest BCUT2D eigenvalue weighted by Crippen LogP contribution is -2.20. The highest BCUT2D eigenvalue weighted by atomic mass is 16.6. The molecule has 0 aliphatic carbocycles. The number of nitro benzene ring substituents is 2. The summed E-state index contributed by atoms with van der Waals surface area (Å²) in [6.45, 7) is 7.39. The highest BCUT2D eigenvalue weighted by Gasteiger charge is 2.33. The molecule has 0 heterocycles. The third-order valence-electron chi connectivity index (χ3n) is 4.09. The third-order valence-corrected chi connectivity index (χ3v) is 4.09. The molecule has 0 saturated heterocycles. The van der Waals surface area contributed by atoms with E-state index in [1.165, 1.54) is 6.07 Å². The molecular weight excluding hydrogens is 328 g/mol. The average molecular weight is 352 g/mol. The molecule has 1 rings (SSSR count). The van der Waals surface area contributed by atoms with Crippen molar-refractivity contribution in [3.05, 3.63) is 37.4 Å². The van der Waals surface area contributed by atoms with Crippen LogP contribution in [0.5, 0.6) is 0 Å². The number of hydrogen-bond donors (Lipinski definition) is 2. The van der Waals surface area contributed by atoms with Crippen LogP contribution in [0.1, 0.15) is 57.6 Å². The molecule has 0 aliphatic rings. The summed E-state index contributed by atoms with van der Waals surface area (Å²) in [7, 11) is 0. The van der Waals surface area contributed by atoms with Gasteiger partial charge in [-0.25, -0.2) is 0 Å². The van der Waals surface area contributed by atoms with Crippen LogP contribution in [0.15, 0.2) is 11.2 Å². The van der Waals surface area contributed by atoms with Crippen LogP contribution in [0.2, 0.25) is 0 Å². The molecule has 9 nitrogen and oxygen atoms in total. The molecule has 0 atom stereocenters. The molecule has 25 heavy (non-hydrogen) atoms. The predicted octanol–water partition coefficient (Wildman–Crippen LogP) is 4.23. The fourth-order valence-electron chi connectivity index (χ4n) is 2.85. The maximum atomic E-state index is 11.8. The first-order valence-corrected chi connectivity index (χ1v) is 8.19. The van der Waals surface area contributed by atoms with Crippen LogP contribution in [0.25, 0.3) is 0 Å². The first-order chi connectivity index (χ1) is 11.8. The van der Waals surface area contributed by atoms with Crippen molar-refractivity contribution in [2.75, 3.05) is 5.32 Å². The maximum absolute atomic E-state index is 11.8. The van der Waals surface area contributed by atoms with Gasteiger partial charge in [-0.05, 0) is 24.3 Å². The molecule has 0 radical (unpaired) electrons. The van der Waals surface area contributed by atoms with Crippen LogP contribution >= 0.6 is 0 Å². The van der Waals surface area contributed by atoms with E-state index in [0.717, 1.165) is 6.21 Å².